The molecule has 1 fully saturated rings. The molecule has 1 saturated heterocycles. The van der Waals surface area contributed by atoms with E-state index in [0.29, 0.717) is 17.8 Å². The van der Waals surface area contributed by atoms with E-state index in [1.54, 1.807) is 6.07 Å². The number of carbonyl (C=O) groups excluding carboxylic acids is 1. The smallest absolute Gasteiger partial charge is 0.291 e. The number of ketones is 1. The highest BCUT2D eigenvalue weighted by atomic mass is 19.1. The van der Waals surface area contributed by atoms with Crippen LogP contribution in [0.5, 0.6) is 0 Å². The predicted molar refractivity (Wildman–Crippen MR) is 127 cm³/mol. The summed E-state index contributed by atoms with van der Waals surface area (Å²) >= 11 is 0. The van der Waals surface area contributed by atoms with Crippen LogP contribution in [0, 0.1) is 5.82 Å². The number of hydrogen-bond acceptors (Lipinski definition) is 6. The van der Waals surface area contributed by atoms with Gasteiger partial charge in [-0.25, -0.2) is 4.39 Å². The van der Waals surface area contributed by atoms with Gasteiger partial charge in [-0.05, 0) is 43.1 Å². The minimum Gasteiger partial charge on any atom is -0.337 e. The average molecular weight is 462 g/mol. The third-order valence-corrected chi connectivity index (χ3v) is 6.54. The number of para-hydroxylation sites is 1. The van der Waals surface area contributed by atoms with E-state index in [2.05, 4.69) is 20.1 Å². The molecule has 0 radical (unpaired) electrons. The Balaban J connectivity index is 1.25. The van der Waals surface area contributed by atoms with Crippen molar-refractivity contribution in [1.29, 1.82) is 0 Å². The highest BCUT2D eigenvalue weighted by molar-refractivity contribution is 5.96. The summed E-state index contributed by atoms with van der Waals surface area (Å²) in [7, 11) is 0. The number of Topliss-reactive ketones (excluding diaryl/α,β-unsaturated/α-hetero) is 1. The van der Waals surface area contributed by atoms with Crippen LogP contribution in [-0.4, -0.2) is 50.2 Å². The van der Waals surface area contributed by atoms with Crippen LogP contribution < -0.4 is 0 Å². The molecule has 0 atom stereocenters. The quantitative estimate of drug-likeness (QED) is 0.356. The monoisotopic (exact) mass is 461 g/mol. The molecule has 3 heterocycles. The van der Waals surface area contributed by atoms with Gasteiger partial charge in [0.2, 0.25) is 5.89 Å². The number of halogens is 1. The summed E-state index contributed by atoms with van der Waals surface area (Å²) in [4.78, 5) is 19.3. The Morgan fingerprint density at radius 1 is 1.12 bits per heavy atom. The van der Waals surface area contributed by atoms with E-state index in [4.69, 9.17) is 4.52 Å². The Morgan fingerprint density at radius 3 is 2.62 bits per heavy atom. The number of piperidine rings is 1. The average Bonchev–Trinajstić information content (AvgIpc) is 3.49. The lowest BCUT2D eigenvalue weighted by atomic mass is 9.96. The zero-order valence-electron chi connectivity index (χ0n) is 19.4. The molecule has 0 N–H and O–H groups in total. The largest absolute Gasteiger partial charge is 0.337 e. The molecule has 8 heteroatoms. The van der Waals surface area contributed by atoms with Gasteiger partial charge >= 0.3 is 0 Å². The first-order valence-corrected chi connectivity index (χ1v) is 11.8. The maximum Gasteiger partial charge on any atom is 0.291 e. The van der Waals surface area contributed by atoms with Crippen molar-refractivity contribution in [3.8, 4) is 5.95 Å². The molecule has 2 aromatic carbocycles. The molecule has 2 aromatic heterocycles. The summed E-state index contributed by atoms with van der Waals surface area (Å²) in [6.07, 6.45) is 2.24. The van der Waals surface area contributed by atoms with Crippen molar-refractivity contribution < 1.29 is 13.7 Å². The highest BCUT2D eigenvalue weighted by Crippen LogP contribution is 2.30. The molecule has 0 spiro atoms. The number of nitrogens with zero attached hydrogens (tertiary/aromatic N) is 5. The summed E-state index contributed by atoms with van der Waals surface area (Å²) in [5.74, 6) is 0.896. The van der Waals surface area contributed by atoms with Gasteiger partial charge in [0.1, 0.15) is 11.3 Å². The second kappa shape index (κ2) is 9.46. The van der Waals surface area contributed by atoms with Gasteiger partial charge in [-0.1, -0.05) is 56.3 Å². The first-order chi connectivity index (χ1) is 16.5. The van der Waals surface area contributed by atoms with Gasteiger partial charge in [0.05, 0.1) is 5.69 Å². The van der Waals surface area contributed by atoms with Crippen molar-refractivity contribution in [2.24, 2.45) is 0 Å². The summed E-state index contributed by atoms with van der Waals surface area (Å²) in [6, 6.07) is 14.4. The lowest BCUT2D eigenvalue weighted by molar-refractivity contribution is 0.0954. The van der Waals surface area contributed by atoms with Crippen molar-refractivity contribution in [2.75, 3.05) is 19.6 Å². The number of likely N-dealkylation sites (tertiary alicyclic amines) is 1. The maximum atomic E-state index is 14.7. The SMILES string of the molecule is CC(C)c1nn(-c2noc(C3CCN(CCC(=O)c4ccccc4)CC3)n2)c2c(F)cccc12. The second-order valence-corrected chi connectivity index (χ2v) is 9.18. The highest BCUT2D eigenvalue weighted by Gasteiger charge is 2.27. The van der Waals surface area contributed by atoms with Gasteiger partial charge < -0.3 is 9.42 Å². The van der Waals surface area contributed by atoms with E-state index in [0.717, 1.165) is 49.1 Å². The first kappa shape index (κ1) is 22.4. The predicted octanol–water partition coefficient (Wildman–Crippen LogP) is 5.12. The molecule has 4 aromatic rings. The molecule has 0 unspecified atom stereocenters. The fraction of sp³-hybridized carbons (Fsp3) is 0.385. The molecule has 7 nitrogen and oxygen atoms in total. The number of carbonyl (C=O) groups is 1. The number of fused-ring (bicyclic) bond motifs is 1. The number of aromatic nitrogens is 4. The molecule has 0 amide bonds. The molecule has 0 aliphatic carbocycles. The lowest BCUT2D eigenvalue weighted by Gasteiger charge is -2.30. The molecule has 34 heavy (non-hydrogen) atoms. The molecule has 5 rings (SSSR count). The fourth-order valence-corrected chi connectivity index (χ4v) is 4.63. The molecule has 0 bridgehead atoms. The summed E-state index contributed by atoms with van der Waals surface area (Å²) in [5.41, 5.74) is 1.94. The summed E-state index contributed by atoms with van der Waals surface area (Å²) in [6.45, 7) is 6.52. The third-order valence-electron chi connectivity index (χ3n) is 6.54. The van der Waals surface area contributed by atoms with E-state index in [9.17, 15) is 9.18 Å². The van der Waals surface area contributed by atoms with Gasteiger partial charge in [-0.15, -0.1) is 0 Å². The third kappa shape index (κ3) is 4.37. The van der Waals surface area contributed by atoms with E-state index in [1.807, 2.05) is 50.2 Å². The van der Waals surface area contributed by atoms with E-state index >= 15 is 0 Å². The van der Waals surface area contributed by atoms with Crippen LogP contribution in [0.4, 0.5) is 4.39 Å². The van der Waals surface area contributed by atoms with Gasteiger partial charge in [-0.2, -0.15) is 14.8 Å². The van der Waals surface area contributed by atoms with Crippen LogP contribution >= 0.6 is 0 Å². The van der Waals surface area contributed by atoms with Crippen LogP contribution in [0.15, 0.2) is 53.1 Å². The fourth-order valence-electron chi connectivity index (χ4n) is 4.63. The number of hydrogen-bond donors (Lipinski definition) is 0. The summed E-state index contributed by atoms with van der Waals surface area (Å²) < 4.78 is 21.7. The minimum absolute atomic E-state index is 0.134. The van der Waals surface area contributed by atoms with E-state index in [-0.39, 0.29) is 29.4 Å². The van der Waals surface area contributed by atoms with Gasteiger partial charge in [0.25, 0.3) is 5.95 Å². The molecule has 1 aliphatic rings. The van der Waals surface area contributed by atoms with Crippen molar-refractivity contribution in [2.45, 2.75) is 44.9 Å². The van der Waals surface area contributed by atoms with Crippen LogP contribution in [0.1, 0.15) is 66.9 Å². The Bertz CT molecular complexity index is 1290. The molecular formula is C26H28FN5O2. The van der Waals surface area contributed by atoms with Crippen LogP contribution in [0.25, 0.3) is 16.9 Å². The van der Waals surface area contributed by atoms with Crippen LogP contribution in [-0.2, 0) is 0 Å². The van der Waals surface area contributed by atoms with Gasteiger partial charge in [0, 0.05) is 29.8 Å². The van der Waals surface area contributed by atoms with Crippen molar-refractivity contribution in [1.82, 2.24) is 24.8 Å². The molecule has 1 aliphatic heterocycles. The van der Waals surface area contributed by atoms with Crippen LogP contribution in [0.3, 0.4) is 0 Å². The number of rotatable bonds is 7. The zero-order chi connectivity index (χ0) is 23.7. The second-order valence-electron chi connectivity index (χ2n) is 9.18. The summed E-state index contributed by atoms with van der Waals surface area (Å²) in [5, 5.41) is 9.50. The lowest BCUT2D eigenvalue weighted by Crippen LogP contribution is -2.34. The Morgan fingerprint density at radius 2 is 1.88 bits per heavy atom. The van der Waals surface area contributed by atoms with Crippen molar-refractivity contribution in [3.63, 3.8) is 0 Å². The van der Waals surface area contributed by atoms with Crippen LogP contribution in [0.2, 0.25) is 0 Å². The normalized spacial score (nSPS) is 15.4. The van der Waals surface area contributed by atoms with Gasteiger partial charge in [-0.3, -0.25) is 4.79 Å². The topological polar surface area (TPSA) is 77.0 Å². The number of benzene rings is 2. The maximum absolute atomic E-state index is 14.7. The molecular weight excluding hydrogens is 433 g/mol. The van der Waals surface area contributed by atoms with Gasteiger partial charge in [0.15, 0.2) is 5.78 Å². The van der Waals surface area contributed by atoms with Crippen molar-refractivity contribution in [3.05, 3.63) is 71.5 Å². The zero-order valence-corrected chi connectivity index (χ0v) is 19.4. The standard InChI is InChI=1S/C26H28FN5O2/c1-17(2)23-20-9-6-10-21(27)24(20)32(29-23)26-28-25(34-30-26)19-11-14-31(15-12-19)16-13-22(33)18-7-4-3-5-8-18/h3-10,17,19H,11-16H2,1-2H3. The Hall–Kier alpha value is -3.39. The van der Waals surface area contributed by atoms with E-state index < -0.39 is 0 Å². The minimum atomic E-state index is -0.360. The molecule has 0 saturated carbocycles. The Kier molecular flexibility index (Phi) is 6.24. The Labute approximate surface area is 197 Å². The van der Waals surface area contributed by atoms with Crippen molar-refractivity contribution >= 4 is 16.7 Å². The molecule has 176 valence electrons. The first-order valence-electron chi connectivity index (χ1n) is 11.8. The van der Waals surface area contributed by atoms with E-state index in [1.165, 1.54) is 10.7 Å².